The zero-order valence-corrected chi connectivity index (χ0v) is 21.3. The molecule has 0 atom stereocenters. The Morgan fingerprint density at radius 2 is 1.87 bits per heavy atom. The number of carbonyl (C=O) groups is 1. The van der Waals surface area contributed by atoms with Gasteiger partial charge in [0.05, 0.1) is 36.2 Å². The highest BCUT2D eigenvalue weighted by Crippen LogP contribution is 2.31. The van der Waals surface area contributed by atoms with Gasteiger partial charge in [0.15, 0.2) is 0 Å². The lowest BCUT2D eigenvalue weighted by Crippen LogP contribution is -2.20. The number of pyridine rings is 1. The quantitative estimate of drug-likeness (QED) is 0.186. The second-order valence-electron chi connectivity index (χ2n) is 8.01. The van der Waals surface area contributed by atoms with Gasteiger partial charge in [0.25, 0.3) is 0 Å². The molecule has 0 bridgehead atoms. The van der Waals surface area contributed by atoms with Gasteiger partial charge in [-0.3, -0.25) is 4.98 Å². The van der Waals surface area contributed by atoms with E-state index in [1.807, 2.05) is 24.5 Å². The van der Waals surface area contributed by atoms with Gasteiger partial charge in [-0.2, -0.15) is 13.2 Å². The lowest BCUT2D eigenvalue weighted by Gasteiger charge is -2.12. The maximum Gasteiger partial charge on any atom is 0.406 e. The van der Waals surface area contributed by atoms with Crippen LogP contribution in [0.25, 0.3) is 10.9 Å². The van der Waals surface area contributed by atoms with E-state index < -0.39 is 18.8 Å². The fourth-order valence-corrected chi connectivity index (χ4v) is 4.21. The molecule has 11 heteroatoms. The predicted molar refractivity (Wildman–Crippen MR) is 145 cm³/mol. The van der Waals surface area contributed by atoms with Gasteiger partial charge in [0, 0.05) is 28.4 Å². The first-order valence-corrected chi connectivity index (χ1v) is 12.6. The van der Waals surface area contributed by atoms with Crippen molar-refractivity contribution in [2.24, 2.45) is 0 Å². The number of hydrogen-bond acceptors (Lipinski definition) is 5. The molecule has 0 saturated heterocycles. The molecule has 0 aliphatic rings. The first-order chi connectivity index (χ1) is 18.3. The standard InChI is InChI=1S/C27H24F3N5O2S/c1-37-25-16-20(38-2)8-9-23(25)32-12-4-5-19-15-21-22(34-26(36)33-18-10-13-31-14-11-18)6-3-7-24(21)35(19)17-27(28,29)30/h3,6-11,13-16,32H,12,17H2,1-2H3,(H2,31,33,34,36). The van der Waals surface area contributed by atoms with Crippen molar-refractivity contribution in [3.8, 4) is 17.6 Å². The normalized spacial score (nSPS) is 11.0. The Labute approximate surface area is 221 Å². The summed E-state index contributed by atoms with van der Waals surface area (Å²) in [6.07, 6.45) is 0.558. The number of carbonyl (C=O) groups excluding carboxylic acids is 1. The molecule has 4 aromatic rings. The average Bonchev–Trinajstić information content (AvgIpc) is 3.23. The van der Waals surface area contributed by atoms with Crippen LogP contribution in [0.2, 0.25) is 0 Å². The number of fused-ring (bicyclic) bond motifs is 1. The van der Waals surface area contributed by atoms with Crippen LogP contribution < -0.4 is 20.7 Å². The van der Waals surface area contributed by atoms with Crippen LogP contribution in [0.4, 0.5) is 35.0 Å². The van der Waals surface area contributed by atoms with Crippen molar-refractivity contribution in [1.82, 2.24) is 9.55 Å². The molecule has 0 fully saturated rings. The number of amides is 2. The van der Waals surface area contributed by atoms with Gasteiger partial charge < -0.3 is 25.3 Å². The van der Waals surface area contributed by atoms with Gasteiger partial charge in [0.2, 0.25) is 0 Å². The van der Waals surface area contributed by atoms with Crippen LogP contribution in [0.15, 0.2) is 71.9 Å². The van der Waals surface area contributed by atoms with E-state index in [1.54, 1.807) is 55.3 Å². The van der Waals surface area contributed by atoms with Gasteiger partial charge in [-0.15, -0.1) is 11.8 Å². The summed E-state index contributed by atoms with van der Waals surface area (Å²) in [7, 11) is 1.56. The third kappa shape index (κ3) is 6.72. The number of benzene rings is 2. The molecule has 4 rings (SSSR count). The Morgan fingerprint density at radius 1 is 1.08 bits per heavy atom. The number of aromatic nitrogens is 2. The van der Waals surface area contributed by atoms with Crippen molar-refractivity contribution in [3.63, 3.8) is 0 Å². The molecule has 2 aromatic heterocycles. The van der Waals surface area contributed by atoms with Crippen molar-refractivity contribution in [2.75, 3.05) is 35.9 Å². The number of halogens is 3. The van der Waals surface area contributed by atoms with E-state index in [9.17, 15) is 18.0 Å². The molecule has 0 radical (unpaired) electrons. The van der Waals surface area contributed by atoms with Gasteiger partial charge in [0.1, 0.15) is 12.3 Å². The highest BCUT2D eigenvalue weighted by Gasteiger charge is 2.30. The maximum absolute atomic E-state index is 13.5. The number of hydrogen-bond donors (Lipinski definition) is 3. The van der Waals surface area contributed by atoms with Gasteiger partial charge >= 0.3 is 12.2 Å². The lowest BCUT2D eigenvalue weighted by molar-refractivity contribution is -0.140. The van der Waals surface area contributed by atoms with Crippen LogP contribution >= 0.6 is 11.8 Å². The average molecular weight is 540 g/mol. The number of nitrogens with one attached hydrogen (secondary N) is 3. The molecule has 2 heterocycles. The summed E-state index contributed by atoms with van der Waals surface area (Å²) in [5.41, 5.74) is 2.08. The molecule has 0 aliphatic heterocycles. The molecule has 2 aromatic carbocycles. The fourth-order valence-electron chi connectivity index (χ4n) is 3.79. The highest BCUT2D eigenvalue weighted by atomic mass is 32.2. The third-order valence-electron chi connectivity index (χ3n) is 5.46. The van der Waals surface area contributed by atoms with Crippen LogP contribution in [0.3, 0.4) is 0 Å². The van der Waals surface area contributed by atoms with Crippen molar-refractivity contribution in [2.45, 2.75) is 17.6 Å². The lowest BCUT2D eigenvalue weighted by atomic mass is 10.2. The van der Waals surface area contributed by atoms with E-state index in [0.29, 0.717) is 28.0 Å². The van der Waals surface area contributed by atoms with Gasteiger partial charge in [-0.1, -0.05) is 12.0 Å². The number of alkyl halides is 3. The Kier molecular flexibility index (Phi) is 8.33. The van der Waals surface area contributed by atoms with Gasteiger partial charge in [-0.05, 0) is 60.7 Å². The number of urea groups is 1. The second-order valence-corrected chi connectivity index (χ2v) is 8.89. The predicted octanol–water partition coefficient (Wildman–Crippen LogP) is 6.44. The van der Waals surface area contributed by atoms with E-state index in [4.69, 9.17) is 4.74 Å². The van der Waals surface area contributed by atoms with E-state index in [2.05, 4.69) is 32.8 Å². The summed E-state index contributed by atoms with van der Waals surface area (Å²) < 4.78 is 46.9. The van der Waals surface area contributed by atoms with Gasteiger partial charge in [-0.25, -0.2) is 4.79 Å². The topological polar surface area (TPSA) is 80.2 Å². The van der Waals surface area contributed by atoms with E-state index >= 15 is 0 Å². The summed E-state index contributed by atoms with van der Waals surface area (Å²) >= 11 is 1.58. The monoisotopic (exact) mass is 539 g/mol. The van der Waals surface area contributed by atoms with Crippen LogP contribution in [-0.2, 0) is 6.54 Å². The summed E-state index contributed by atoms with van der Waals surface area (Å²) in [5.74, 6) is 6.38. The maximum atomic E-state index is 13.5. The Hall–Kier alpha value is -4.30. The summed E-state index contributed by atoms with van der Waals surface area (Å²) in [6, 6.07) is 14.7. The molecule has 2 amide bonds. The van der Waals surface area contributed by atoms with E-state index in [0.717, 1.165) is 15.1 Å². The number of methoxy groups -OCH3 is 1. The van der Waals surface area contributed by atoms with Crippen molar-refractivity contribution in [1.29, 1.82) is 0 Å². The summed E-state index contributed by atoms with van der Waals surface area (Å²) in [5, 5.41) is 8.95. The number of ether oxygens (including phenoxy) is 1. The number of anilines is 3. The number of rotatable bonds is 7. The molecule has 0 saturated carbocycles. The molecule has 0 aliphatic carbocycles. The Bertz CT molecular complexity index is 1490. The third-order valence-corrected chi connectivity index (χ3v) is 6.19. The largest absolute Gasteiger partial charge is 0.495 e. The Morgan fingerprint density at radius 3 is 2.58 bits per heavy atom. The fraction of sp³-hybridized carbons (Fsp3) is 0.185. The molecule has 38 heavy (non-hydrogen) atoms. The van der Waals surface area contributed by atoms with E-state index in [1.165, 1.54) is 12.4 Å². The smallest absolute Gasteiger partial charge is 0.406 e. The minimum atomic E-state index is -4.46. The molecule has 0 unspecified atom stereocenters. The van der Waals surface area contributed by atoms with Crippen molar-refractivity contribution < 1.29 is 22.7 Å². The molecule has 196 valence electrons. The first kappa shape index (κ1) is 26.8. The van der Waals surface area contributed by atoms with Crippen LogP contribution in [0, 0.1) is 11.8 Å². The molecule has 7 nitrogen and oxygen atoms in total. The zero-order valence-electron chi connectivity index (χ0n) is 20.5. The SMILES string of the molecule is COc1cc(SC)ccc1NCC#Cc1cc2c(NC(=O)Nc3ccncc3)cccc2n1CC(F)(F)F. The number of nitrogens with zero attached hydrogens (tertiary/aromatic N) is 2. The minimum absolute atomic E-state index is 0.174. The van der Waals surface area contributed by atoms with Crippen LogP contribution in [0.1, 0.15) is 5.69 Å². The van der Waals surface area contributed by atoms with Crippen LogP contribution in [-0.4, -0.2) is 41.7 Å². The minimum Gasteiger partial charge on any atom is -0.495 e. The van der Waals surface area contributed by atoms with Crippen molar-refractivity contribution in [3.05, 3.63) is 72.7 Å². The summed E-state index contributed by atoms with van der Waals surface area (Å²) in [6.45, 7) is -1.04. The highest BCUT2D eigenvalue weighted by molar-refractivity contribution is 7.98. The van der Waals surface area contributed by atoms with Crippen LogP contribution in [0.5, 0.6) is 5.75 Å². The Balaban J connectivity index is 1.59. The second kappa shape index (κ2) is 11.8. The molecule has 3 N–H and O–H groups in total. The zero-order chi connectivity index (χ0) is 27.1. The number of thioether (sulfide) groups is 1. The summed E-state index contributed by atoms with van der Waals surface area (Å²) in [4.78, 5) is 17.4. The first-order valence-electron chi connectivity index (χ1n) is 11.4. The van der Waals surface area contributed by atoms with Crippen molar-refractivity contribution >= 4 is 45.8 Å². The van der Waals surface area contributed by atoms with E-state index in [-0.39, 0.29) is 12.2 Å². The molecular weight excluding hydrogens is 515 g/mol. The molecule has 0 spiro atoms. The molecular formula is C27H24F3N5O2S.